The van der Waals surface area contributed by atoms with E-state index in [0.29, 0.717) is 0 Å². The first-order chi connectivity index (χ1) is 6.56. The number of aliphatic hydroxyl groups excluding tert-OH is 1. The molecule has 2 nitrogen and oxygen atoms in total. The highest BCUT2D eigenvalue weighted by atomic mass is 19.1. The van der Waals surface area contributed by atoms with E-state index in [1.165, 1.54) is 6.92 Å². The molecule has 78 valence electrons. The fourth-order valence-electron chi connectivity index (χ4n) is 1.10. The summed E-state index contributed by atoms with van der Waals surface area (Å²) in [4.78, 5) is 0. The fraction of sp³-hybridized carbons (Fsp3) is 0.400. The maximum atomic E-state index is 13.2. The van der Waals surface area contributed by atoms with Gasteiger partial charge in [0.25, 0.3) is 0 Å². The zero-order valence-electron chi connectivity index (χ0n) is 8.05. The normalized spacial score (nSPS) is 12.6. The van der Waals surface area contributed by atoms with Crippen LogP contribution in [0.2, 0.25) is 0 Å². The number of halogens is 2. The summed E-state index contributed by atoms with van der Waals surface area (Å²) in [7, 11) is 0. The predicted molar refractivity (Wildman–Crippen MR) is 48.2 cm³/mol. The van der Waals surface area contributed by atoms with Gasteiger partial charge in [-0.2, -0.15) is 0 Å². The van der Waals surface area contributed by atoms with Crippen molar-refractivity contribution in [3.05, 3.63) is 29.3 Å². The number of hydrogen-bond donors (Lipinski definition) is 1. The van der Waals surface area contributed by atoms with Crippen LogP contribution < -0.4 is 4.74 Å². The lowest BCUT2D eigenvalue weighted by Gasteiger charge is -2.09. The van der Waals surface area contributed by atoms with Crippen LogP contribution in [-0.4, -0.2) is 11.7 Å². The van der Waals surface area contributed by atoms with Crippen molar-refractivity contribution < 1.29 is 18.6 Å². The molecule has 0 bridgehead atoms. The van der Waals surface area contributed by atoms with E-state index in [0.717, 1.165) is 12.1 Å². The Kier molecular flexibility index (Phi) is 3.41. The van der Waals surface area contributed by atoms with E-state index in [4.69, 9.17) is 9.84 Å². The van der Waals surface area contributed by atoms with E-state index in [9.17, 15) is 8.78 Å². The third-order valence-electron chi connectivity index (χ3n) is 1.79. The molecule has 0 aliphatic carbocycles. The Morgan fingerprint density at radius 3 is 2.21 bits per heavy atom. The number of aliphatic hydroxyl groups is 1. The van der Waals surface area contributed by atoms with Crippen LogP contribution in [0, 0.1) is 11.6 Å². The van der Waals surface area contributed by atoms with Gasteiger partial charge in [0, 0.05) is 0 Å². The van der Waals surface area contributed by atoms with Gasteiger partial charge in [-0.1, -0.05) is 0 Å². The largest absolute Gasteiger partial charge is 0.488 e. The molecule has 0 aromatic heterocycles. The lowest BCUT2D eigenvalue weighted by atomic mass is 10.1. The smallest absolute Gasteiger partial charge is 0.190 e. The highest BCUT2D eigenvalue weighted by molar-refractivity contribution is 5.32. The molecule has 1 N–H and O–H groups in total. The van der Waals surface area contributed by atoms with Gasteiger partial charge in [-0.15, -0.1) is 0 Å². The molecule has 1 aromatic rings. The average molecular weight is 202 g/mol. The summed E-state index contributed by atoms with van der Waals surface area (Å²) in [6.07, 6.45) is -0.894. The summed E-state index contributed by atoms with van der Waals surface area (Å²) in [6, 6.07) is 2.14. The van der Waals surface area contributed by atoms with Gasteiger partial charge in [0.05, 0.1) is 12.7 Å². The van der Waals surface area contributed by atoms with E-state index < -0.39 is 23.5 Å². The minimum absolute atomic E-state index is 0.196. The van der Waals surface area contributed by atoms with Crippen LogP contribution in [0.4, 0.5) is 8.78 Å². The number of ether oxygens (including phenoxy) is 1. The fourth-order valence-corrected chi connectivity index (χ4v) is 1.10. The Morgan fingerprint density at radius 1 is 1.36 bits per heavy atom. The summed E-state index contributed by atoms with van der Waals surface area (Å²) in [5, 5.41) is 9.12. The maximum absolute atomic E-state index is 13.2. The van der Waals surface area contributed by atoms with Gasteiger partial charge < -0.3 is 9.84 Å². The molecule has 0 saturated heterocycles. The van der Waals surface area contributed by atoms with E-state index in [1.54, 1.807) is 6.92 Å². The van der Waals surface area contributed by atoms with Crippen LogP contribution in [0.15, 0.2) is 12.1 Å². The monoisotopic (exact) mass is 202 g/mol. The Morgan fingerprint density at radius 2 is 1.86 bits per heavy atom. The summed E-state index contributed by atoms with van der Waals surface area (Å²) < 4.78 is 31.1. The van der Waals surface area contributed by atoms with Crippen LogP contribution in [-0.2, 0) is 0 Å². The number of hydrogen-bond acceptors (Lipinski definition) is 2. The summed E-state index contributed by atoms with van der Waals surface area (Å²) in [5.74, 6) is -1.97. The Hall–Kier alpha value is -1.16. The Bertz CT molecular complexity index is 301. The van der Waals surface area contributed by atoms with Gasteiger partial charge in [0.15, 0.2) is 17.4 Å². The van der Waals surface area contributed by atoms with Crippen molar-refractivity contribution in [2.75, 3.05) is 6.61 Å². The lowest BCUT2D eigenvalue weighted by molar-refractivity contribution is 0.197. The molecule has 0 unspecified atom stereocenters. The quantitative estimate of drug-likeness (QED) is 0.815. The first kappa shape index (κ1) is 10.9. The molecule has 0 fully saturated rings. The minimum atomic E-state index is -0.894. The summed E-state index contributed by atoms with van der Waals surface area (Å²) in [5.41, 5.74) is 0.198. The van der Waals surface area contributed by atoms with Crippen molar-refractivity contribution in [3.8, 4) is 5.75 Å². The molecule has 0 radical (unpaired) electrons. The van der Waals surface area contributed by atoms with Crippen molar-refractivity contribution in [2.45, 2.75) is 20.0 Å². The van der Waals surface area contributed by atoms with Crippen molar-refractivity contribution in [3.63, 3.8) is 0 Å². The van der Waals surface area contributed by atoms with Crippen LogP contribution in [0.3, 0.4) is 0 Å². The number of benzene rings is 1. The molecule has 1 atom stereocenters. The highest BCUT2D eigenvalue weighted by Crippen LogP contribution is 2.25. The molecule has 1 rings (SSSR count). The molecule has 0 spiro atoms. The second kappa shape index (κ2) is 4.37. The molecule has 0 aliphatic heterocycles. The highest BCUT2D eigenvalue weighted by Gasteiger charge is 2.13. The molecule has 0 heterocycles. The van der Waals surface area contributed by atoms with Gasteiger partial charge in [0.1, 0.15) is 0 Å². The van der Waals surface area contributed by atoms with Crippen LogP contribution in [0.1, 0.15) is 25.5 Å². The van der Waals surface area contributed by atoms with E-state index in [-0.39, 0.29) is 12.2 Å². The van der Waals surface area contributed by atoms with E-state index >= 15 is 0 Å². The summed E-state index contributed by atoms with van der Waals surface area (Å²) in [6.45, 7) is 3.28. The molecule has 4 heteroatoms. The number of rotatable bonds is 3. The van der Waals surface area contributed by atoms with Gasteiger partial charge in [0.2, 0.25) is 0 Å². The van der Waals surface area contributed by atoms with Crippen molar-refractivity contribution in [1.82, 2.24) is 0 Å². The molecule has 0 saturated carbocycles. The summed E-state index contributed by atoms with van der Waals surface area (Å²) >= 11 is 0. The molecular weight excluding hydrogens is 190 g/mol. The van der Waals surface area contributed by atoms with Crippen molar-refractivity contribution in [1.29, 1.82) is 0 Å². The van der Waals surface area contributed by atoms with Gasteiger partial charge >= 0.3 is 0 Å². The SMILES string of the molecule is CCOc1c(F)cc([C@H](C)O)cc1F. The lowest BCUT2D eigenvalue weighted by Crippen LogP contribution is -2.01. The molecule has 1 aromatic carbocycles. The van der Waals surface area contributed by atoms with E-state index in [1.807, 2.05) is 0 Å². The zero-order valence-corrected chi connectivity index (χ0v) is 8.05. The second-order valence-corrected chi connectivity index (χ2v) is 2.92. The van der Waals surface area contributed by atoms with Crippen LogP contribution >= 0.6 is 0 Å². The third kappa shape index (κ3) is 2.20. The standard InChI is InChI=1S/C10H12F2O2/c1-3-14-10-8(11)4-7(6(2)13)5-9(10)12/h4-6,13H,3H2,1-2H3/t6-/m0/s1. The van der Waals surface area contributed by atoms with Crippen LogP contribution in [0.5, 0.6) is 5.75 Å². The first-order valence-corrected chi connectivity index (χ1v) is 4.36. The Labute approximate surface area is 81.1 Å². The maximum Gasteiger partial charge on any atom is 0.190 e. The topological polar surface area (TPSA) is 29.5 Å². The molecule has 0 amide bonds. The average Bonchev–Trinajstić information content (AvgIpc) is 2.10. The van der Waals surface area contributed by atoms with Gasteiger partial charge in [-0.25, -0.2) is 8.78 Å². The van der Waals surface area contributed by atoms with Gasteiger partial charge in [-0.3, -0.25) is 0 Å². The Balaban J connectivity index is 3.11. The molecular formula is C10H12F2O2. The first-order valence-electron chi connectivity index (χ1n) is 4.36. The zero-order chi connectivity index (χ0) is 10.7. The van der Waals surface area contributed by atoms with E-state index in [2.05, 4.69) is 0 Å². The predicted octanol–water partition coefficient (Wildman–Crippen LogP) is 2.42. The van der Waals surface area contributed by atoms with Gasteiger partial charge in [-0.05, 0) is 31.5 Å². The molecule has 0 aliphatic rings. The third-order valence-corrected chi connectivity index (χ3v) is 1.79. The van der Waals surface area contributed by atoms with Crippen molar-refractivity contribution in [2.24, 2.45) is 0 Å². The van der Waals surface area contributed by atoms with Crippen LogP contribution in [0.25, 0.3) is 0 Å². The minimum Gasteiger partial charge on any atom is -0.488 e. The van der Waals surface area contributed by atoms with Crippen molar-refractivity contribution >= 4 is 0 Å². The molecule has 14 heavy (non-hydrogen) atoms. The second-order valence-electron chi connectivity index (χ2n) is 2.92.